The Morgan fingerprint density at radius 3 is 3.06 bits per heavy atom. The van der Waals surface area contributed by atoms with Gasteiger partial charge in [-0.05, 0) is 39.5 Å². The fourth-order valence-electron chi connectivity index (χ4n) is 2.50. The molecule has 0 aliphatic carbocycles. The van der Waals surface area contributed by atoms with Crippen LogP contribution in [0, 0.1) is 19.8 Å². The Bertz CT molecular complexity index is 395. The standard InChI is InChI=1S/C14H23N3O/c1-4-18-10-13-6-5-7-17(9-13)14-12(3)15-8-11(2)16-14/h8,13H,4-7,9-10H2,1-3H3. The summed E-state index contributed by atoms with van der Waals surface area (Å²) in [4.78, 5) is 11.4. The highest BCUT2D eigenvalue weighted by atomic mass is 16.5. The van der Waals surface area contributed by atoms with Crippen LogP contribution in [-0.4, -0.2) is 36.3 Å². The van der Waals surface area contributed by atoms with Gasteiger partial charge in [0.05, 0.1) is 18.0 Å². The Morgan fingerprint density at radius 1 is 1.44 bits per heavy atom. The minimum absolute atomic E-state index is 0.625. The van der Waals surface area contributed by atoms with Crippen molar-refractivity contribution in [2.45, 2.75) is 33.6 Å². The normalized spacial score (nSPS) is 20.2. The predicted octanol–water partition coefficient (Wildman–Crippen LogP) is 2.35. The quantitative estimate of drug-likeness (QED) is 0.821. The molecule has 1 aromatic heterocycles. The molecule has 0 saturated carbocycles. The second kappa shape index (κ2) is 6.14. The van der Waals surface area contributed by atoms with Gasteiger partial charge in [0.2, 0.25) is 0 Å². The average molecular weight is 249 g/mol. The summed E-state index contributed by atoms with van der Waals surface area (Å²) >= 11 is 0. The zero-order valence-corrected chi connectivity index (χ0v) is 11.6. The predicted molar refractivity (Wildman–Crippen MR) is 72.9 cm³/mol. The molecule has 4 nitrogen and oxygen atoms in total. The number of ether oxygens (including phenoxy) is 1. The molecule has 1 aliphatic heterocycles. The van der Waals surface area contributed by atoms with Gasteiger partial charge in [0.25, 0.3) is 0 Å². The first-order chi connectivity index (χ1) is 8.70. The van der Waals surface area contributed by atoms with Gasteiger partial charge in [0.15, 0.2) is 0 Å². The summed E-state index contributed by atoms with van der Waals surface area (Å²) in [6.07, 6.45) is 4.31. The zero-order valence-electron chi connectivity index (χ0n) is 11.6. The monoisotopic (exact) mass is 249 g/mol. The Morgan fingerprint density at radius 2 is 2.28 bits per heavy atom. The van der Waals surface area contributed by atoms with E-state index >= 15 is 0 Å². The van der Waals surface area contributed by atoms with Gasteiger partial charge in [-0.3, -0.25) is 4.98 Å². The minimum atomic E-state index is 0.625. The molecule has 1 unspecified atom stereocenters. The maximum Gasteiger partial charge on any atom is 0.150 e. The molecule has 100 valence electrons. The van der Waals surface area contributed by atoms with E-state index in [9.17, 15) is 0 Å². The van der Waals surface area contributed by atoms with Crippen LogP contribution in [0.5, 0.6) is 0 Å². The van der Waals surface area contributed by atoms with Gasteiger partial charge in [-0.2, -0.15) is 0 Å². The van der Waals surface area contributed by atoms with Gasteiger partial charge in [-0.1, -0.05) is 0 Å². The summed E-state index contributed by atoms with van der Waals surface area (Å²) in [6, 6.07) is 0. The SMILES string of the molecule is CCOCC1CCCN(c2nc(C)cnc2C)C1. The van der Waals surface area contributed by atoms with E-state index in [1.807, 2.05) is 20.0 Å². The summed E-state index contributed by atoms with van der Waals surface area (Å²) in [6.45, 7) is 9.88. The molecule has 18 heavy (non-hydrogen) atoms. The molecule has 2 rings (SSSR count). The first-order valence-electron chi connectivity index (χ1n) is 6.83. The lowest BCUT2D eigenvalue weighted by Crippen LogP contribution is -2.38. The number of hydrogen-bond acceptors (Lipinski definition) is 4. The molecule has 1 aliphatic rings. The molecular weight excluding hydrogens is 226 g/mol. The molecular formula is C14H23N3O. The van der Waals surface area contributed by atoms with Crippen LogP contribution in [0.2, 0.25) is 0 Å². The molecule has 0 bridgehead atoms. The second-order valence-corrected chi connectivity index (χ2v) is 5.03. The summed E-state index contributed by atoms with van der Waals surface area (Å²) in [5.41, 5.74) is 2.01. The number of rotatable bonds is 4. The van der Waals surface area contributed by atoms with Crippen LogP contribution in [-0.2, 0) is 4.74 Å². The molecule has 0 N–H and O–H groups in total. The molecule has 0 amide bonds. The summed E-state index contributed by atoms with van der Waals surface area (Å²) in [7, 11) is 0. The lowest BCUT2D eigenvalue weighted by Gasteiger charge is -2.34. The minimum Gasteiger partial charge on any atom is -0.381 e. The molecule has 1 saturated heterocycles. The van der Waals surface area contributed by atoms with Crippen LogP contribution in [0.25, 0.3) is 0 Å². The second-order valence-electron chi connectivity index (χ2n) is 5.03. The van der Waals surface area contributed by atoms with Crippen molar-refractivity contribution >= 4 is 5.82 Å². The average Bonchev–Trinajstić information content (AvgIpc) is 2.39. The largest absolute Gasteiger partial charge is 0.381 e. The van der Waals surface area contributed by atoms with Crippen molar-refractivity contribution < 1.29 is 4.74 Å². The maximum atomic E-state index is 5.55. The lowest BCUT2D eigenvalue weighted by atomic mass is 9.99. The van der Waals surface area contributed by atoms with E-state index in [-0.39, 0.29) is 0 Å². The molecule has 1 aromatic rings. The van der Waals surface area contributed by atoms with Crippen LogP contribution >= 0.6 is 0 Å². The zero-order chi connectivity index (χ0) is 13.0. The van der Waals surface area contributed by atoms with Gasteiger partial charge >= 0.3 is 0 Å². The summed E-state index contributed by atoms with van der Waals surface area (Å²) in [5.74, 6) is 1.68. The van der Waals surface area contributed by atoms with E-state index in [1.54, 1.807) is 0 Å². The topological polar surface area (TPSA) is 38.2 Å². The Kier molecular flexibility index (Phi) is 4.53. The van der Waals surface area contributed by atoms with E-state index < -0.39 is 0 Å². The smallest absolute Gasteiger partial charge is 0.150 e. The van der Waals surface area contributed by atoms with Crippen LogP contribution in [0.4, 0.5) is 5.82 Å². The first-order valence-corrected chi connectivity index (χ1v) is 6.83. The Labute approximate surface area is 109 Å². The van der Waals surface area contributed by atoms with Gasteiger partial charge in [-0.25, -0.2) is 4.98 Å². The third kappa shape index (κ3) is 3.19. The van der Waals surface area contributed by atoms with Crippen molar-refractivity contribution in [3.05, 3.63) is 17.6 Å². The third-order valence-electron chi connectivity index (χ3n) is 3.43. The molecule has 4 heteroatoms. The molecule has 1 fully saturated rings. The highest BCUT2D eigenvalue weighted by Crippen LogP contribution is 2.23. The fourth-order valence-corrected chi connectivity index (χ4v) is 2.50. The number of aryl methyl sites for hydroxylation is 2. The fraction of sp³-hybridized carbons (Fsp3) is 0.714. The summed E-state index contributed by atoms with van der Waals surface area (Å²) in [5, 5.41) is 0. The van der Waals surface area contributed by atoms with Gasteiger partial charge in [0, 0.05) is 25.9 Å². The molecule has 1 atom stereocenters. The first kappa shape index (κ1) is 13.3. The van der Waals surface area contributed by atoms with Crippen LogP contribution in [0.15, 0.2) is 6.20 Å². The molecule has 0 radical (unpaired) electrons. The molecule has 2 heterocycles. The maximum absolute atomic E-state index is 5.55. The number of aromatic nitrogens is 2. The van der Waals surface area contributed by atoms with Gasteiger partial charge < -0.3 is 9.64 Å². The number of anilines is 1. The van der Waals surface area contributed by atoms with Crippen molar-refractivity contribution in [1.29, 1.82) is 0 Å². The van der Waals surface area contributed by atoms with E-state index in [0.29, 0.717) is 5.92 Å². The van der Waals surface area contributed by atoms with E-state index in [1.165, 1.54) is 12.8 Å². The highest BCUT2D eigenvalue weighted by Gasteiger charge is 2.22. The third-order valence-corrected chi connectivity index (χ3v) is 3.43. The molecule has 0 spiro atoms. The van der Waals surface area contributed by atoms with Crippen molar-refractivity contribution in [2.75, 3.05) is 31.2 Å². The Hall–Kier alpha value is -1.16. The van der Waals surface area contributed by atoms with Crippen LogP contribution in [0.1, 0.15) is 31.2 Å². The highest BCUT2D eigenvalue weighted by molar-refractivity contribution is 5.43. The van der Waals surface area contributed by atoms with Gasteiger partial charge in [0.1, 0.15) is 5.82 Å². The van der Waals surface area contributed by atoms with Crippen molar-refractivity contribution in [2.24, 2.45) is 5.92 Å². The van der Waals surface area contributed by atoms with E-state index in [0.717, 1.165) is 43.5 Å². The van der Waals surface area contributed by atoms with Crippen LogP contribution < -0.4 is 4.90 Å². The van der Waals surface area contributed by atoms with Crippen molar-refractivity contribution in [3.63, 3.8) is 0 Å². The van der Waals surface area contributed by atoms with E-state index in [2.05, 4.69) is 21.8 Å². The van der Waals surface area contributed by atoms with Crippen molar-refractivity contribution in [3.8, 4) is 0 Å². The number of piperidine rings is 1. The van der Waals surface area contributed by atoms with Crippen LogP contribution in [0.3, 0.4) is 0 Å². The number of hydrogen-bond donors (Lipinski definition) is 0. The Balaban J connectivity index is 2.05. The van der Waals surface area contributed by atoms with Crippen molar-refractivity contribution in [1.82, 2.24) is 9.97 Å². The van der Waals surface area contributed by atoms with E-state index in [4.69, 9.17) is 4.74 Å². The number of nitrogens with zero attached hydrogens (tertiary/aromatic N) is 3. The summed E-state index contributed by atoms with van der Waals surface area (Å²) < 4.78 is 5.55. The van der Waals surface area contributed by atoms with Gasteiger partial charge in [-0.15, -0.1) is 0 Å². The lowest BCUT2D eigenvalue weighted by molar-refractivity contribution is 0.104. The molecule has 0 aromatic carbocycles.